The first-order chi connectivity index (χ1) is 14.5. The van der Waals surface area contributed by atoms with Crippen molar-refractivity contribution in [3.05, 3.63) is 65.9 Å². The van der Waals surface area contributed by atoms with E-state index in [0.717, 1.165) is 36.9 Å². The van der Waals surface area contributed by atoms with Crippen LogP contribution in [0.4, 0.5) is 10.5 Å². The molecule has 3 aromatic rings. The highest BCUT2D eigenvalue weighted by molar-refractivity contribution is 5.95. The molecule has 1 heterocycles. The van der Waals surface area contributed by atoms with E-state index in [1.54, 1.807) is 24.3 Å². The van der Waals surface area contributed by atoms with E-state index in [9.17, 15) is 9.59 Å². The lowest BCUT2D eigenvalue weighted by molar-refractivity contribution is 0.0755. The zero-order valence-corrected chi connectivity index (χ0v) is 17.8. The van der Waals surface area contributed by atoms with Gasteiger partial charge in [-0.1, -0.05) is 32.0 Å². The summed E-state index contributed by atoms with van der Waals surface area (Å²) in [6.45, 7) is 7.49. The number of hydrogen-bond donors (Lipinski definition) is 2. The molecule has 30 heavy (non-hydrogen) atoms. The van der Waals surface area contributed by atoms with E-state index in [-0.39, 0.29) is 18.0 Å². The van der Waals surface area contributed by atoms with Gasteiger partial charge in [-0.05, 0) is 56.2 Å². The number of rotatable bonds is 8. The van der Waals surface area contributed by atoms with Crippen LogP contribution in [0, 0.1) is 0 Å². The van der Waals surface area contributed by atoms with Crippen LogP contribution in [0.2, 0.25) is 0 Å². The molecule has 6 nitrogen and oxygen atoms in total. The van der Waals surface area contributed by atoms with Gasteiger partial charge in [-0.15, -0.1) is 0 Å². The molecular formula is C24H29N3O3. The summed E-state index contributed by atoms with van der Waals surface area (Å²) < 4.78 is 5.80. The summed E-state index contributed by atoms with van der Waals surface area (Å²) in [5.74, 6) is 0.715. The second-order valence-corrected chi connectivity index (χ2v) is 7.38. The number of hydrogen-bond acceptors (Lipinski definition) is 3. The average molecular weight is 408 g/mol. The Morgan fingerprint density at radius 3 is 2.30 bits per heavy atom. The van der Waals surface area contributed by atoms with Crippen LogP contribution in [0.5, 0.6) is 0 Å². The Hall–Kier alpha value is -3.28. The summed E-state index contributed by atoms with van der Waals surface area (Å²) in [5.41, 5.74) is 2.04. The van der Waals surface area contributed by atoms with E-state index >= 15 is 0 Å². The molecule has 0 aliphatic carbocycles. The Labute approximate surface area is 177 Å². The van der Waals surface area contributed by atoms with E-state index in [2.05, 4.69) is 24.5 Å². The summed E-state index contributed by atoms with van der Waals surface area (Å²) in [6, 6.07) is 16.0. The van der Waals surface area contributed by atoms with Crippen molar-refractivity contribution in [1.29, 1.82) is 0 Å². The van der Waals surface area contributed by atoms with Gasteiger partial charge >= 0.3 is 6.03 Å². The molecule has 0 radical (unpaired) electrons. The van der Waals surface area contributed by atoms with Crippen molar-refractivity contribution in [2.75, 3.05) is 18.4 Å². The predicted molar refractivity (Wildman–Crippen MR) is 120 cm³/mol. The van der Waals surface area contributed by atoms with E-state index in [1.165, 1.54) is 0 Å². The van der Waals surface area contributed by atoms with E-state index in [1.807, 2.05) is 42.2 Å². The summed E-state index contributed by atoms with van der Waals surface area (Å²) >= 11 is 0. The van der Waals surface area contributed by atoms with E-state index in [0.29, 0.717) is 17.0 Å². The molecule has 0 fully saturated rings. The van der Waals surface area contributed by atoms with Gasteiger partial charge in [0, 0.05) is 29.7 Å². The molecule has 0 saturated carbocycles. The lowest BCUT2D eigenvalue weighted by Crippen LogP contribution is -2.32. The van der Waals surface area contributed by atoms with Crippen LogP contribution < -0.4 is 10.6 Å². The highest BCUT2D eigenvalue weighted by Crippen LogP contribution is 2.23. The quantitative estimate of drug-likeness (QED) is 0.512. The Morgan fingerprint density at radius 2 is 1.67 bits per heavy atom. The molecule has 0 aliphatic rings. The van der Waals surface area contributed by atoms with E-state index in [4.69, 9.17) is 4.42 Å². The van der Waals surface area contributed by atoms with Gasteiger partial charge in [-0.25, -0.2) is 4.79 Å². The van der Waals surface area contributed by atoms with Crippen LogP contribution in [-0.4, -0.2) is 29.9 Å². The number of fused-ring (bicyclic) bond motifs is 1. The Kier molecular flexibility index (Phi) is 7.12. The fraction of sp³-hybridized carbons (Fsp3) is 0.333. The maximum atomic E-state index is 12.7. The van der Waals surface area contributed by atoms with Gasteiger partial charge in [-0.3, -0.25) is 4.79 Å². The molecule has 158 valence electrons. The predicted octanol–water partition coefficient (Wildman–Crippen LogP) is 5.58. The minimum Gasteiger partial charge on any atom is -0.459 e. The zero-order chi connectivity index (χ0) is 21.5. The van der Waals surface area contributed by atoms with Crippen LogP contribution in [0.25, 0.3) is 11.0 Å². The number of furan rings is 1. The summed E-state index contributed by atoms with van der Waals surface area (Å²) in [5, 5.41) is 6.68. The molecule has 1 atom stereocenters. The highest BCUT2D eigenvalue weighted by atomic mass is 16.3. The maximum absolute atomic E-state index is 12.7. The number of para-hydroxylation sites is 1. The molecule has 0 saturated heterocycles. The molecule has 0 aliphatic heterocycles. The van der Waals surface area contributed by atoms with Crippen molar-refractivity contribution >= 4 is 28.6 Å². The standard InChI is InChI=1S/C24H29N3O3/c1-4-14-27(15-5-2)23(28)18-10-12-20(13-11-18)26-24(29)25-17(3)22-16-19-8-6-7-9-21(19)30-22/h6-13,16-17H,4-5,14-15H2,1-3H3,(H2,25,26,29). The summed E-state index contributed by atoms with van der Waals surface area (Å²) in [4.78, 5) is 26.9. The van der Waals surface area contributed by atoms with Gasteiger partial charge in [0.2, 0.25) is 0 Å². The Bertz CT molecular complexity index is 955. The third-order valence-electron chi connectivity index (χ3n) is 4.88. The van der Waals surface area contributed by atoms with Gasteiger partial charge in [0.05, 0.1) is 6.04 Å². The molecule has 6 heteroatoms. The van der Waals surface area contributed by atoms with Crippen molar-refractivity contribution < 1.29 is 14.0 Å². The second-order valence-electron chi connectivity index (χ2n) is 7.38. The van der Waals surface area contributed by atoms with Gasteiger partial charge in [0.1, 0.15) is 11.3 Å². The molecule has 2 aromatic carbocycles. The lowest BCUT2D eigenvalue weighted by atomic mass is 10.1. The first-order valence-corrected chi connectivity index (χ1v) is 10.5. The molecule has 1 aromatic heterocycles. The molecule has 0 bridgehead atoms. The third-order valence-corrected chi connectivity index (χ3v) is 4.88. The molecule has 1 unspecified atom stereocenters. The SMILES string of the molecule is CCCN(CCC)C(=O)c1ccc(NC(=O)NC(C)c2cc3ccccc3o2)cc1. The van der Waals surface area contributed by atoms with Crippen molar-refractivity contribution in [2.24, 2.45) is 0 Å². The molecular weight excluding hydrogens is 378 g/mol. The monoisotopic (exact) mass is 407 g/mol. The average Bonchev–Trinajstić information content (AvgIpc) is 3.18. The molecule has 3 amide bonds. The normalized spacial score (nSPS) is 11.8. The minimum absolute atomic E-state index is 0.0215. The van der Waals surface area contributed by atoms with Crippen molar-refractivity contribution in [2.45, 2.75) is 39.7 Å². The minimum atomic E-state index is -0.333. The fourth-order valence-electron chi connectivity index (χ4n) is 3.38. The molecule has 0 spiro atoms. The van der Waals surface area contributed by atoms with Crippen LogP contribution >= 0.6 is 0 Å². The maximum Gasteiger partial charge on any atom is 0.319 e. The summed E-state index contributed by atoms with van der Waals surface area (Å²) in [7, 11) is 0. The second kappa shape index (κ2) is 9.96. The van der Waals surface area contributed by atoms with Crippen molar-refractivity contribution in [1.82, 2.24) is 10.2 Å². The number of urea groups is 1. The van der Waals surface area contributed by atoms with Crippen LogP contribution in [-0.2, 0) is 0 Å². The van der Waals surface area contributed by atoms with Crippen LogP contribution in [0.3, 0.4) is 0 Å². The van der Waals surface area contributed by atoms with Gasteiger partial charge in [0.25, 0.3) is 5.91 Å². The Balaban J connectivity index is 1.59. The lowest BCUT2D eigenvalue weighted by Gasteiger charge is -2.21. The topological polar surface area (TPSA) is 74.6 Å². The van der Waals surface area contributed by atoms with E-state index < -0.39 is 0 Å². The number of carbonyl (C=O) groups excluding carboxylic acids is 2. The molecule has 3 rings (SSSR count). The zero-order valence-electron chi connectivity index (χ0n) is 17.8. The first kappa shape index (κ1) is 21.4. The fourth-order valence-corrected chi connectivity index (χ4v) is 3.38. The summed E-state index contributed by atoms with van der Waals surface area (Å²) in [6.07, 6.45) is 1.85. The highest BCUT2D eigenvalue weighted by Gasteiger charge is 2.16. The number of carbonyl (C=O) groups is 2. The number of anilines is 1. The number of benzene rings is 2. The Morgan fingerprint density at radius 1 is 1.00 bits per heavy atom. The molecule has 2 N–H and O–H groups in total. The number of amides is 3. The smallest absolute Gasteiger partial charge is 0.319 e. The van der Waals surface area contributed by atoms with Gasteiger partial charge in [0.15, 0.2) is 0 Å². The van der Waals surface area contributed by atoms with Crippen LogP contribution in [0.1, 0.15) is 55.8 Å². The number of nitrogens with one attached hydrogen (secondary N) is 2. The van der Waals surface area contributed by atoms with Crippen LogP contribution in [0.15, 0.2) is 59.0 Å². The van der Waals surface area contributed by atoms with Crippen molar-refractivity contribution in [3.63, 3.8) is 0 Å². The van der Waals surface area contributed by atoms with Crippen molar-refractivity contribution in [3.8, 4) is 0 Å². The largest absolute Gasteiger partial charge is 0.459 e. The van der Waals surface area contributed by atoms with Gasteiger partial charge in [-0.2, -0.15) is 0 Å². The van der Waals surface area contributed by atoms with Gasteiger partial charge < -0.3 is 20.0 Å². The number of nitrogens with zero attached hydrogens (tertiary/aromatic N) is 1. The third kappa shape index (κ3) is 5.20. The first-order valence-electron chi connectivity index (χ1n) is 10.5.